The van der Waals surface area contributed by atoms with Gasteiger partial charge in [-0.15, -0.1) is 0 Å². The zero-order valence-electron chi connectivity index (χ0n) is 12.0. The van der Waals surface area contributed by atoms with Gasteiger partial charge in [0, 0.05) is 10.0 Å². The highest BCUT2D eigenvalue weighted by Crippen LogP contribution is 2.32. The summed E-state index contributed by atoms with van der Waals surface area (Å²) in [4.78, 5) is 0. The minimum absolute atomic E-state index is 0.143. The van der Waals surface area contributed by atoms with E-state index in [0.717, 1.165) is 22.1 Å². The van der Waals surface area contributed by atoms with E-state index in [-0.39, 0.29) is 11.9 Å². The van der Waals surface area contributed by atoms with Gasteiger partial charge in [0.15, 0.2) is 0 Å². The van der Waals surface area contributed by atoms with Crippen LogP contribution >= 0.6 is 15.9 Å². The zero-order valence-corrected chi connectivity index (χ0v) is 13.6. The van der Waals surface area contributed by atoms with Crippen molar-refractivity contribution in [2.24, 2.45) is 0 Å². The lowest BCUT2D eigenvalue weighted by molar-refractivity contribution is 0.555. The summed E-state index contributed by atoms with van der Waals surface area (Å²) in [6, 6.07) is 11.3. The third-order valence-corrected chi connectivity index (χ3v) is 4.13. The Kier molecular flexibility index (Phi) is 4.95. The molecule has 0 amide bonds. The molecule has 0 bridgehead atoms. The molecule has 1 N–H and O–H groups in total. The van der Waals surface area contributed by atoms with E-state index in [9.17, 15) is 4.39 Å². The topological polar surface area (TPSA) is 12.0 Å². The molecule has 0 aliphatic heterocycles. The first-order chi connectivity index (χ1) is 9.54. The van der Waals surface area contributed by atoms with E-state index in [2.05, 4.69) is 53.3 Å². The van der Waals surface area contributed by atoms with Crippen LogP contribution in [0.25, 0.3) is 0 Å². The van der Waals surface area contributed by atoms with Gasteiger partial charge in [-0.2, -0.15) is 0 Å². The number of hydrogen-bond donors (Lipinski definition) is 1. The molecule has 0 aliphatic rings. The first-order valence-corrected chi connectivity index (χ1v) is 7.58. The van der Waals surface area contributed by atoms with Gasteiger partial charge in [-0.05, 0) is 43.7 Å². The first-order valence-electron chi connectivity index (χ1n) is 6.79. The summed E-state index contributed by atoms with van der Waals surface area (Å²) >= 11 is 3.48. The second-order valence-electron chi connectivity index (χ2n) is 4.99. The monoisotopic (exact) mass is 335 g/mol. The van der Waals surface area contributed by atoms with Crippen molar-refractivity contribution in [2.45, 2.75) is 26.8 Å². The summed E-state index contributed by atoms with van der Waals surface area (Å²) in [7, 11) is 0. The van der Waals surface area contributed by atoms with Gasteiger partial charge in [0.1, 0.15) is 5.82 Å². The van der Waals surface area contributed by atoms with Crippen LogP contribution in [0.15, 0.2) is 40.9 Å². The lowest BCUT2D eigenvalue weighted by atomic mass is 9.93. The average molecular weight is 336 g/mol. The van der Waals surface area contributed by atoms with E-state index >= 15 is 0 Å². The van der Waals surface area contributed by atoms with E-state index in [1.165, 1.54) is 11.6 Å². The second kappa shape index (κ2) is 6.51. The largest absolute Gasteiger partial charge is 0.306 e. The van der Waals surface area contributed by atoms with Crippen molar-refractivity contribution in [1.29, 1.82) is 0 Å². The molecule has 0 aromatic heterocycles. The molecule has 2 aromatic carbocycles. The number of benzene rings is 2. The highest BCUT2D eigenvalue weighted by Gasteiger charge is 2.21. The van der Waals surface area contributed by atoms with Crippen molar-refractivity contribution >= 4 is 15.9 Å². The fourth-order valence-electron chi connectivity index (χ4n) is 2.43. The van der Waals surface area contributed by atoms with Gasteiger partial charge in [-0.3, -0.25) is 0 Å². The van der Waals surface area contributed by atoms with Gasteiger partial charge in [0.25, 0.3) is 0 Å². The molecule has 1 unspecified atom stereocenters. The zero-order chi connectivity index (χ0) is 14.7. The molecule has 2 rings (SSSR count). The van der Waals surface area contributed by atoms with E-state index < -0.39 is 0 Å². The Hall–Kier alpha value is -1.19. The first kappa shape index (κ1) is 15.2. The van der Waals surface area contributed by atoms with Gasteiger partial charge < -0.3 is 5.32 Å². The van der Waals surface area contributed by atoms with Gasteiger partial charge >= 0.3 is 0 Å². The van der Waals surface area contributed by atoms with Crippen molar-refractivity contribution < 1.29 is 4.39 Å². The summed E-state index contributed by atoms with van der Waals surface area (Å²) in [5.41, 5.74) is 4.14. The molecule has 0 aliphatic carbocycles. The minimum atomic E-state index is -0.189. The van der Waals surface area contributed by atoms with Crippen LogP contribution in [0.3, 0.4) is 0 Å². The summed E-state index contributed by atoms with van der Waals surface area (Å²) in [6.07, 6.45) is 0. The van der Waals surface area contributed by atoms with E-state index in [0.29, 0.717) is 5.56 Å². The molecule has 0 heterocycles. The van der Waals surface area contributed by atoms with Crippen LogP contribution in [0.5, 0.6) is 0 Å². The smallest absolute Gasteiger partial charge is 0.129 e. The summed E-state index contributed by atoms with van der Waals surface area (Å²) in [5, 5.41) is 3.39. The molecular formula is C17H19BrFN. The Balaban J connectivity index is 2.59. The van der Waals surface area contributed by atoms with Crippen LogP contribution in [0, 0.1) is 19.7 Å². The van der Waals surface area contributed by atoms with Crippen molar-refractivity contribution in [3.8, 4) is 0 Å². The summed E-state index contributed by atoms with van der Waals surface area (Å²) in [5.74, 6) is -0.189. The quantitative estimate of drug-likeness (QED) is 0.837. The molecule has 3 heteroatoms. The average Bonchev–Trinajstić information content (AvgIpc) is 2.40. The summed E-state index contributed by atoms with van der Waals surface area (Å²) in [6.45, 7) is 6.93. The van der Waals surface area contributed by atoms with E-state index in [4.69, 9.17) is 0 Å². The number of aryl methyl sites for hydroxylation is 2. The SMILES string of the molecule is CCNC(c1cc(C)ccc1C)c1c(F)cccc1Br. The molecule has 0 saturated carbocycles. The highest BCUT2D eigenvalue weighted by atomic mass is 79.9. The maximum Gasteiger partial charge on any atom is 0.129 e. The van der Waals surface area contributed by atoms with E-state index in [1.54, 1.807) is 6.07 Å². The van der Waals surface area contributed by atoms with Crippen LogP contribution in [0.1, 0.15) is 35.2 Å². The van der Waals surface area contributed by atoms with Crippen LogP contribution in [0.4, 0.5) is 4.39 Å². The molecule has 0 radical (unpaired) electrons. The molecule has 0 fully saturated rings. The fraction of sp³-hybridized carbons (Fsp3) is 0.294. The van der Waals surface area contributed by atoms with Crippen molar-refractivity contribution in [3.63, 3.8) is 0 Å². The Morgan fingerprint density at radius 1 is 1.20 bits per heavy atom. The maximum absolute atomic E-state index is 14.3. The van der Waals surface area contributed by atoms with Gasteiger partial charge in [-0.25, -0.2) is 4.39 Å². The van der Waals surface area contributed by atoms with Crippen LogP contribution < -0.4 is 5.32 Å². The molecule has 106 valence electrons. The maximum atomic E-state index is 14.3. The van der Waals surface area contributed by atoms with Gasteiger partial charge in [0.05, 0.1) is 6.04 Å². The normalized spacial score (nSPS) is 12.4. The Labute approximate surface area is 128 Å². The number of nitrogens with one attached hydrogen (secondary N) is 1. The number of halogens is 2. The summed E-state index contributed by atoms with van der Waals surface area (Å²) < 4.78 is 15.1. The predicted molar refractivity (Wildman–Crippen MR) is 85.5 cm³/mol. The van der Waals surface area contributed by atoms with Crippen LogP contribution in [-0.2, 0) is 0 Å². The number of hydrogen-bond acceptors (Lipinski definition) is 1. The van der Waals surface area contributed by atoms with E-state index in [1.807, 2.05) is 13.0 Å². The van der Waals surface area contributed by atoms with Crippen LogP contribution in [-0.4, -0.2) is 6.54 Å². The van der Waals surface area contributed by atoms with Crippen molar-refractivity contribution in [3.05, 3.63) is 68.9 Å². The molecule has 1 atom stereocenters. The standard InChI is InChI=1S/C17H19BrFN/c1-4-20-17(13-10-11(2)8-9-12(13)3)16-14(18)6-5-7-15(16)19/h5-10,17,20H,4H2,1-3H3. The Morgan fingerprint density at radius 3 is 2.60 bits per heavy atom. The van der Waals surface area contributed by atoms with Crippen molar-refractivity contribution in [2.75, 3.05) is 6.54 Å². The Bertz CT molecular complexity index is 590. The molecule has 20 heavy (non-hydrogen) atoms. The van der Waals surface area contributed by atoms with Crippen molar-refractivity contribution in [1.82, 2.24) is 5.32 Å². The minimum Gasteiger partial charge on any atom is -0.306 e. The molecule has 0 saturated heterocycles. The molecular weight excluding hydrogens is 317 g/mol. The molecule has 2 aromatic rings. The lowest BCUT2D eigenvalue weighted by Crippen LogP contribution is -2.24. The number of rotatable bonds is 4. The third-order valence-electron chi connectivity index (χ3n) is 3.44. The highest BCUT2D eigenvalue weighted by molar-refractivity contribution is 9.10. The third kappa shape index (κ3) is 3.10. The van der Waals surface area contributed by atoms with Gasteiger partial charge in [-0.1, -0.05) is 52.7 Å². The van der Waals surface area contributed by atoms with Crippen LogP contribution in [0.2, 0.25) is 0 Å². The molecule has 0 spiro atoms. The van der Waals surface area contributed by atoms with Gasteiger partial charge in [0.2, 0.25) is 0 Å². The predicted octanol–water partition coefficient (Wildman–Crippen LogP) is 4.90. The molecule has 1 nitrogen and oxygen atoms in total. The fourth-order valence-corrected chi connectivity index (χ4v) is 3.00. The lowest BCUT2D eigenvalue weighted by Gasteiger charge is -2.23. The Morgan fingerprint density at radius 2 is 1.95 bits per heavy atom. The second-order valence-corrected chi connectivity index (χ2v) is 5.84.